The average Bonchev–Trinajstić information content (AvgIpc) is 2.93. The molecule has 3 rings (SSSR count). The molecule has 21 heavy (non-hydrogen) atoms. The van der Waals surface area contributed by atoms with Gasteiger partial charge in [0, 0.05) is 17.3 Å². The van der Waals surface area contributed by atoms with Crippen molar-refractivity contribution in [1.29, 1.82) is 0 Å². The maximum Gasteiger partial charge on any atom is 0.165 e. The van der Waals surface area contributed by atoms with Crippen molar-refractivity contribution in [2.75, 3.05) is 18.1 Å². The lowest BCUT2D eigenvalue weighted by atomic mass is 10.1. The molecule has 0 fully saturated rings. The van der Waals surface area contributed by atoms with Crippen molar-refractivity contribution in [2.45, 2.75) is 13.8 Å². The van der Waals surface area contributed by atoms with Crippen molar-refractivity contribution in [3.63, 3.8) is 0 Å². The number of hydrogen-bond donors (Lipinski definition) is 1. The van der Waals surface area contributed by atoms with Crippen LogP contribution in [0.4, 0.5) is 5.69 Å². The van der Waals surface area contributed by atoms with E-state index >= 15 is 0 Å². The molecule has 5 nitrogen and oxygen atoms in total. The highest BCUT2D eigenvalue weighted by Crippen LogP contribution is 2.27. The second-order valence-corrected chi connectivity index (χ2v) is 6.07. The third kappa shape index (κ3) is 2.61. The van der Waals surface area contributed by atoms with Gasteiger partial charge in [-0.2, -0.15) is 5.10 Å². The molecule has 0 spiro atoms. The molecule has 0 bridgehead atoms. The van der Waals surface area contributed by atoms with Crippen LogP contribution in [0.1, 0.15) is 13.8 Å². The molecule has 1 aromatic rings. The summed E-state index contributed by atoms with van der Waals surface area (Å²) in [5, 5.41) is 8.94. The zero-order chi connectivity index (χ0) is 15.0. The molecular formula is C15H18ClN5. The third-order valence-electron chi connectivity index (χ3n) is 3.48. The van der Waals surface area contributed by atoms with Crippen LogP contribution in [0.5, 0.6) is 0 Å². The highest BCUT2D eigenvalue weighted by molar-refractivity contribution is 6.30. The second-order valence-electron chi connectivity index (χ2n) is 5.63. The van der Waals surface area contributed by atoms with E-state index in [4.69, 9.17) is 17.3 Å². The summed E-state index contributed by atoms with van der Waals surface area (Å²) >= 11 is 5.96. The van der Waals surface area contributed by atoms with Gasteiger partial charge in [0.25, 0.3) is 0 Å². The van der Waals surface area contributed by atoms with Gasteiger partial charge in [-0.1, -0.05) is 25.4 Å². The van der Waals surface area contributed by atoms with E-state index < -0.39 is 0 Å². The number of hydrogen-bond acceptors (Lipinski definition) is 5. The lowest BCUT2D eigenvalue weighted by molar-refractivity contribution is 0.362. The Morgan fingerprint density at radius 1 is 1.29 bits per heavy atom. The standard InChI is InChI=1S/C15H18ClN5/c1-10(2)8-20-9-21(12-5-3-11(16)4-6-12)14(17)13-7-18-19-15(13)20/h3-7,10H,8-9,17H2,1-2H3. The summed E-state index contributed by atoms with van der Waals surface area (Å²) in [6.45, 7) is 5.94. The molecule has 2 aliphatic heterocycles. The maximum atomic E-state index is 6.30. The molecule has 0 amide bonds. The van der Waals surface area contributed by atoms with Gasteiger partial charge < -0.3 is 15.5 Å². The Hall–Kier alpha value is -2.01. The van der Waals surface area contributed by atoms with Gasteiger partial charge in [0.2, 0.25) is 0 Å². The Morgan fingerprint density at radius 2 is 2.00 bits per heavy atom. The summed E-state index contributed by atoms with van der Waals surface area (Å²) in [5.41, 5.74) is 8.20. The first kappa shape index (κ1) is 13.9. The molecule has 0 saturated heterocycles. The number of amidine groups is 1. The van der Waals surface area contributed by atoms with Crippen LogP contribution in [0.25, 0.3) is 0 Å². The Kier molecular flexibility index (Phi) is 3.59. The van der Waals surface area contributed by atoms with Gasteiger partial charge in [-0.3, -0.25) is 0 Å². The van der Waals surface area contributed by atoms with Crippen LogP contribution in [-0.4, -0.2) is 30.2 Å². The molecule has 1 aromatic carbocycles. The first-order valence-electron chi connectivity index (χ1n) is 6.95. The minimum Gasteiger partial charge on any atom is -0.384 e. The molecule has 0 radical (unpaired) electrons. The number of benzene rings is 1. The van der Waals surface area contributed by atoms with Crippen molar-refractivity contribution >= 4 is 29.3 Å². The van der Waals surface area contributed by atoms with Gasteiger partial charge in [0.15, 0.2) is 5.84 Å². The Morgan fingerprint density at radius 3 is 2.67 bits per heavy atom. The van der Waals surface area contributed by atoms with E-state index in [0.717, 1.165) is 23.6 Å². The fourth-order valence-electron chi connectivity index (χ4n) is 2.55. The molecular weight excluding hydrogens is 286 g/mol. The fraction of sp³-hybridized carbons (Fsp3) is 0.333. The minimum absolute atomic E-state index is 0.529. The summed E-state index contributed by atoms with van der Waals surface area (Å²) in [6.07, 6.45) is 1.72. The minimum atomic E-state index is 0.529. The molecule has 0 atom stereocenters. The van der Waals surface area contributed by atoms with Gasteiger partial charge >= 0.3 is 0 Å². The summed E-state index contributed by atoms with van der Waals surface area (Å²) in [5.74, 6) is 2.07. The zero-order valence-corrected chi connectivity index (χ0v) is 12.9. The molecule has 2 N–H and O–H groups in total. The van der Waals surface area contributed by atoms with E-state index in [1.165, 1.54) is 0 Å². The van der Waals surface area contributed by atoms with Gasteiger partial charge in [-0.15, -0.1) is 5.10 Å². The highest BCUT2D eigenvalue weighted by Gasteiger charge is 2.31. The van der Waals surface area contributed by atoms with Gasteiger partial charge in [0.05, 0.1) is 18.5 Å². The number of nitrogens with zero attached hydrogens (tertiary/aromatic N) is 4. The number of halogens is 1. The topological polar surface area (TPSA) is 57.2 Å². The van der Waals surface area contributed by atoms with E-state index in [1.807, 2.05) is 24.3 Å². The van der Waals surface area contributed by atoms with Gasteiger partial charge in [-0.25, -0.2) is 0 Å². The van der Waals surface area contributed by atoms with E-state index in [-0.39, 0.29) is 0 Å². The largest absolute Gasteiger partial charge is 0.384 e. The molecule has 2 aliphatic rings. The van der Waals surface area contributed by atoms with Crippen molar-refractivity contribution in [3.8, 4) is 0 Å². The van der Waals surface area contributed by atoms with Crippen LogP contribution < -0.4 is 10.6 Å². The highest BCUT2D eigenvalue weighted by atomic mass is 35.5. The van der Waals surface area contributed by atoms with Gasteiger partial charge in [-0.05, 0) is 30.2 Å². The Balaban J connectivity index is 1.97. The molecule has 0 unspecified atom stereocenters. The summed E-state index contributed by atoms with van der Waals surface area (Å²) < 4.78 is 0. The molecule has 110 valence electrons. The van der Waals surface area contributed by atoms with Crippen molar-refractivity contribution in [2.24, 2.45) is 21.9 Å². The van der Waals surface area contributed by atoms with Crippen molar-refractivity contribution < 1.29 is 0 Å². The number of fused-ring (bicyclic) bond motifs is 1. The zero-order valence-electron chi connectivity index (χ0n) is 12.1. The maximum absolute atomic E-state index is 6.30. The van der Waals surface area contributed by atoms with Crippen LogP contribution >= 0.6 is 11.6 Å². The number of anilines is 1. The summed E-state index contributed by atoms with van der Waals surface area (Å²) in [7, 11) is 0. The van der Waals surface area contributed by atoms with E-state index in [2.05, 4.69) is 33.9 Å². The average molecular weight is 304 g/mol. The van der Waals surface area contributed by atoms with Gasteiger partial charge in [0.1, 0.15) is 5.82 Å². The molecule has 0 saturated carbocycles. The van der Waals surface area contributed by atoms with E-state index in [0.29, 0.717) is 23.4 Å². The number of rotatable bonds is 3. The molecule has 0 aromatic heterocycles. The lowest BCUT2D eigenvalue weighted by Gasteiger charge is -2.39. The lowest BCUT2D eigenvalue weighted by Crippen LogP contribution is -2.50. The predicted molar refractivity (Wildman–Crippen MR) is 87.5 cm³/mol. The fourth-order valence-corrected chi connectivity index (χ4v) is 2.68. The molecule has 0 aliphatic carbocycles. The quantitative estimate of drug-likeness (QED) is 0.934. The second kappa shape index (κ2) is 5.41. The van der Waals surface area contributed by atoms with Crippen LogP contribution in [-0.2, 0) is 0 Å². The molecule has 6 heteroatoms. The summed E-state index contributed by atoms with van der Waals surface area (Å²) in [6, 6.07) is 7.68. The first-order chi connectivity index (χ1) is 10.1. The first-order valence-corrected chi connectivity index (χ1v) is 7.33. The van der Waals surface area contributed by atoms with Crippen LogP contribution in [0, 0.1) is 5.92 Å². The normalized spacial score (nSPS) is 17.6. The monoisotopic (exact) mass is 303 g/mol. The van der Waals surface area contributed by atoms with Crippen LogP contribution in [0.2, 0.25) is 5.02 Å². The van der Waals surface area contributed by atoms with Crippen molar-refractivity contribution in [3.05, 3.63) is 40.7 Å². The van der Waals surface area contributed by atoms with Crippen LogP contribution in [0.15, 0.2) is 45.9 Å². The third-order valence-corrected chi connectivity index (χ3v) is 3.73. The van der Waals surface area contributed by atoms with E-state index in [1.54, 1.807) is 6.21 Å². The Bertz CT molecular complexity index is 630. The SMILES string of the molecule is CC(C)CN1CN(c2ccc(Cl)cc2)C(N)=C2C=NN=C21. The van der Waals surface area contributed by atoms with Crippen molar-refractivity contribution in [1.82, 2.24) is 4.90 Å². The molecule has 2 heterocycles. The summed E-state index contributed by atoms with van der Waals surface area (Å²) in [4.78, 5) is 4.27. The van der Waals surface area contributed by atoms with Crippen LogP contribution in [0.3, 0.4) is 0 Å². The smallest absolute Gasteiger partial charge is 0.165 e. The van der Waals surface area contributed by atoms with E-state index in [9.17, 15) is 0 Å². The Labute approximate surface area is 129 Å². The number of nitrogens with two attached hydrogens (primary N) is 1. The predicted octanol–water partition coefficient (Wildman–Crippen LogP) is 2.64.